The van der Waals surface area contributed by atoms with E-state index >= 15 is 0 Å². The molecule has 2 aliphatic carbocycles. The molecule has 5 heteroatoms. The Morgan fingerprint density at radius 3 is 2.95 bits per heavy atom. The fourth-order valence-electron chi connectivity index (χ4n) is 4.03. The van der Waals surface area contributed by atoms with Crippen LogP contribution in [0.3, 0.4) is 0 Å². The third-order valence-corrected chi connectivity index (χ3v) is 5.02. The highest BCUT2D eigenvalue weighted by molar-refractivity contribution is 5.90. The molecule has 0 radical (unpaired) electrons. The average Bonchev–Trinajstić information content (AvgIpc) is 3.14. The molecule has 0 spiro atoms. The first-order valence-electron chi connectivity index (χ1n) is 7.89. The highest BCUT2D eigenvalue weighted by atomic mass is 16.2. The van der Waals surface area contributed by atoms with Crippen LogP contribution in [0.4, 0.5) is 0 Å². The van der Waals surface area contributed by atoms with Gasteiger partial charge in [0, 0.05) is 12.5 Å². The third-order valence-electron chi connectivity index (χ3n) is 5.02. The first-order valence-corrected chi connectivity index (χ1v) is 7.89. The Morgan fingerprint density at radius 1 is 1.45 bits per heavy atom. The number of aromatic nitrogens is 3. The van der Waals surface area contributed by atoms with E-state index in [0.717, 1.165) is 30.5 Å². The summed E-state index contributed by atoms with van der Waals surface area (Å²) in [6, 6.07) is 0.228. The van der Waals surface area contributed by atoms with Crippen molar-refractivity contribution >= 4 is 5.91 Å². The lowest BCUT2D eigenvalue weighted by molar-refractivity contribution is 0.0905. The molecule has 2 saturated carbocycles. The molecule has 2 bridgehead atoms. The van der Waals surface area contributed by atoms with Crippen LogP contribution < -0.4 is 5.32 Å². The lowest BCUT2D eigenvalue weighted by Crippen LogP contribution is -2.40. The van der Waals surface area contributed by atoms with E-state index in [1.54, 1.807) is 0 Å². The molecule has 2 N–H and O–H groups in total. The van der Waals surface area contributed by atoms with Gasteiger partial charge in [-0.3, -0.25) is 9.89 Å². The second kappa shape index (κ2) is 5.54. The minimum Gasteiger partial charge on any atom is -0.347 e. The van der Waals surface area contributed by atoms with Crippen LogP contribution in [0.15, 0.2) is 0 Å². The molecule has 1 heterocycles. The van der Waals surface area contributed by atoms with Crippen molar-refractivity contribution in [3.63, 3.8) is 0 Å². The molecular weight excluding hydrogens is 252 g/mol. The first kappa shape index (κ1) is 13.6. The lowest BCUT2D eigenvalue weighted by Gasteiger charge is -2.28. The van der Waals surface area contributed by atoms with Crippen molar-refractivity contribution < 1.29 is 4.79 Å². The number of amides is 1. The number of hydrogen-bond acceptors (Lipinski definition) is 3. The Kier molecular flexibility index (Phi) is 3.76. The van der Waals surface area contributed by atoms with Crippen molar-refractivity contribution in [3.8, 4) is 0 Å². The van der Waals surface area contributed by atoms with Crippen molar-refractivity contribution in [2.24, 2.45) is 17.8 Å². The van der Waals surface area contributed by atoms with Gasteiger partial charge < -0.3 is 5.32 Å². The highest BCUT2D eigenvalue weighted by Crippen LogP contribution is 2.49. The Balaban J connectivity index is 1.57. The molecule has 1 aromatic rings. The van der Waals surface area contributed by atoms with Gasteiger partial charge >= 0.3 is 0 Å². The van der Waals surface area contributed by atoms with Gasteiger partial charge in [-0.2, -0.15) is 0 Å². The summed E-state index contributed by atoms with van der Waals surface area (Å²) in [7, 11) is 0. The van der Waals surface area contributed by atoms with E-state index in [0.29, 0.717) is 5.92 Å². The number of fused-ring (bicyclic) bond motifs is 2. The summed E-state index contributed by atoms with van der Waals surface area (Å²) >= 11 is 0. The summed E-state index contributed by atoms with van der Waals surface area (Å²) in [5.41, 5.74) is 0. The maximum Gasteiger partial charge on any atom is 0.291 e. The topological polar surface area (TPSA) is 70.7 Å². The molecule has 0 aromatic carbocycles. The zero-order valence-electron chi connectivity index (χ0n) is 12.4. The standard InChI is InChI=1S/C15H24N4O/c1-3-4-13-17-14(19-18-13)15(20)16-9(2)12-8-10-5-6-11(12)7-10/h9-12H,3-8H2,1-2H3,(H,16,20)(H,17,18,19). The summed E-state index contributed by atoms with van der Waals surface area (Å²) < 4.78 is 0. The fraction of sp³-hybridized carbons (Fsp3) is 0.800. The fourth-order valence-corrected chi connectivity index (χ4v) is 4.03. The molecule has 3 rings (SSSR count). The maximum absolute atomic E-state index is 12.2. The highest BCUT2D eigenvalue weighted by Gasteiger charge is 2.42. The van der Waals surface area contributed by atoms with E-state index in [-0.39, 0.29) is 17.8 Å². The van der Waals surface area contributed by atoms with Crippen LogP contribution in [-0.4, -0.2) is 27.1 Å². The average molecular weight is 276 g/mol. The Hall–Kier alpha value is -1.39. The molecule has 110 valence electrons. The molecule has 5 nitrogen and oxygen atoms in total. The van der Waals surface area contributed by atoms with Gasteiger partial charge in [-0.15, -0.1) is 5.10 Å². The van der Waals surface area contributed by atoms with E-state index in [4.69, 9.17) is 0 Å². The summed E-state index contributed by atoms with van der Waals surface area (Å²) in [4.78, 5) is 16.4. The Labute approximate surface area is 119 Å². The van der Waals surface area contributed by atoms with Gasteiger partial charge in [0.05, 0.1) is 0 Å². The predicted molar refractivity (Wildman–Crippen MR) is 76.2 cm³/mol. The minimum atomic E-state index is -0.140. The summed E-state index contributed by atoms with van der Waals surface area (Å²) in [5, 5.41) is 9.94. The SMILES string of the molecule is CCCc1nc(C(=O)NC(C)C2CC3CCC2C3)n[nH]1. The van der Waals surface area contributed by atoms with Gasteiger partial charge in [-0.1, -0.05) is 13.3 Å². The Morgan fingerprint density at radius 2 is 2.30 bits per heavy atom. The van der Waals surface area contributed by atoms with Gasteiger partial charge in [0.25, 0.3) is 5.91 Å². The number of carbonyl (C=O) groups excluding carboxylic acids is 1. The number of nitrogens with zero attached hydrogens (tertiary/aromatic N) is 2. The maximum atomic E-state index is 12.2. The molecule has 2 fully saturated rings. The van der Waals surface area contributed by atoms with Crippen molar-refractivity contribution in [1.82, 2.24) is 20.5 Å². The van der Waals surface area contributed by atoms with Crippen molar-refractivity contribution in [3.05, 3.63) is 11.6 Å². The van der Waals surface area contributed by atoms with Crippen molar-refractivity contribution in [2.45, 2.75) is 58.4 Å². The third kappa shape index (κ3) is 2.58. The monoisotopic (exact) mass is 276 g/mol. The summed E-state index contributed by atoms with van der Waals surface area (Å²) in [6.45, 7) is 4.21. The predicted octanol–water partition coefficient (Wildman–Crippen LogP) is 2.31. The smallest absolute Gasteiger partial charge is 0.291 e. The normalized spacial score (nSPS) is 29.6. The molecule has 0 saturated heterocycles. The van der Waals surface area contributed by atoms with E-state index in [1.807, 2.05) is 0 Å². The zero-order chi connectivity index (χ0) is 14.1. The number of H-pyrrole nitrogens is 1. The van der Waals surface area contributed by atoms with E-state index in [9.17, 15) is 4.79 Å². The van der Waals surface area contributed by atoms with Crippen LogP contribution >= 0.6 is 0 Å². The number of hydrogen-bond donors (Lipinski definition) is 2. The molecule has 1 amide bonds. The number of rotatable bonds is 5. The molecule has 4 atom stereocenters. The van der Waals surface area contributed by atoms with Crippen LogP contribution in [0.2, 0.25) is 0 Å². The molecule has 1 aromatic heterocycles. The van der Waals surface area contributed by atoms with Gasteiger partial charge in [-0.25, -0.2) is 4.98 Å². The van der Waals surface area contributed by atoms with E-state index in [1.165, 1.54) is 25.7 Å². The largest absolute Gasteiger partial charge is 0.347 e. The quantitative estimate of drug-likeness (QED) is 0.867. The number of aromatic amines is 1. The molecule has 20 heavy (non-hydrogen) atoms. The first-order chi connectivity index (χ1) is 9.67. The van der Waals surface area contributed by atoms with Gasteiger partial charge in [-0.05, 0) is 50.4 Å². The second-order valence-electron chi connectivity index (χ2n) is 6.46. The minimum absolute atomic E-state index is 0.140. The second-order valence-corrected chi connectivity index (χ2v) is 6.46. The molecular formula is C15H24N4O. The number of aryl methyl sites for hydroxylation is 1. The molecule has 4 unspecified atom stereocenters. The van der Waals surface area contributed by atoms with Gasteiger partial charge in [0.1, 0.15) is 5.82 Å². The van der Waals surface area contributed by atoms with E-state index < -0.39 is 0 Å². The van der Waals surface area contributed by atoms with Crippen LogP contribution in [0.25, 0.3) is 0 Å². The molecule has 2 aliphatic rings. The van der Waals surface area contributed by atoms with Gasteiger partial charge in [0.15, 0.2) is 0 Å². The Bertz CT molecular complexity index is 484. The summed E-state index contributed by atoms with van der Waals surface area (Å²) in [5.74, 6) is 3.31. The van der Waals surface area contributed by atoms with E-state index in [2.05, 4.69) is 34.3 Å². The zero-order valence-corrected chi connectivity index (χ0v) is 12.4. The van der Waals surface area contributed by atoms with Crippen LogP contribution in [0, 0.1) is 17.8 Å². The van der Waals surface area contributed by atoms with Crippen molar-refractivity contribution in [2.75, 3.05) is 0 Å². The lowest BCUT2D eigenvalue weighted by atomic mass is 9.84. The number of nitrogens with one attached hydrogen (secondary N) is 2. The van der Waals surface area contributed by atoms with Crippen molar-refractivity contribution in [1.29, 1.82) is 0 Å². The summed E-state index contributed by atoms with van der Waals surface area (Å²) in [6.07, 6.45) is 7.22. The molecule has 0 aliphatic heterocycles. The number of carbonyl (C=O) groups is 1. The van der Waals surface area contributed by atoms with Crippen LogP contribution in [0.5, 0.6) is 0 Å². The van der Waals surface area contributed by atoms with Crippen LogP contribution in [-0.2, 0) is 6.42 Å². The van der Waals surface area contributed by atoms with Crippen LogP contribution in [0.1, 0.15) is 62.4 Å². The van der Waals surface area contributed by atoms with Gasteiger partial charge in [0.2, 0.25) is 5.82 Å².